The fourth-order valence-electron chi connectivity index (χ4n) is 1.36. The molecule has 1 aliphatic rings. The van der Waals surface area contributed by atoms with E-state index >= 15 is 0 Å². The largest absolute Gasteiger partial charge is 0.298 e. The number of hydrogen-bond donors (Lipinski definition) is 1. The van der Waals surface area contributed by atoms with E-state index in [1.807, 2.05) is 12.3 Å². The second kappa shape index (κ2) is 2.09. The smallest absolute Gasteiger partial charge is 0.0524 e. The zero-order chi connectivity index (χ0) is 6.97. The molecule has 1 aliphatic heterocycles. The van der Waals surface area contributed by atoms with Crippen molar-refractivity contribution >= 4 is 0 Å². The molecule has 2 rings (SSSR count). The van der Waals surface area contributed by atoms with Crippen molar-refractivity contribution < 1.29 is 0 Å². The van der Waals surface area contributed by atoms with Gasteiger partial charge >= 0.3 is 0 Å². The second-order valence-corrected chi connectivity index (χ2v) is 2.80. The monoisotopic (exact) mass is 137 g/mol. The number of rotatable bonds is 1. The Morgan fingerprint density at radius 3 is 3.10 bits per heavy atom. The van der Waals surface area contributed by atoms with Gasteiger partial charge in [0.05, 0.1) is 11.7 Å². The van der Waals surface area contributed by atoms with Crippen LogP contribution in [0.15, 0.2) is 12.3 Å². The van der Waals surface area contributed by atoms with Gasteiger partial charge in [0.15, 0.2) is 0 Å². The highest BCUT2D eigenvalue weighted by atomic mass is 15.2. The molecule has 0 aromatic carbocycles. The average Bonchev–Trinajstić information content (AvgIpc) is 2.37. The maximum atomic E-state index is 3.91. The first kappa shape index (κ1) is 5.92. The Morgan fingerprint density at radius 2 is 2.70 bits per heavy atom. The van der Waals surface area contributed by atoms with E-state index in [0.29, 0.717) is 6.04 Å². The highest BCUT2D eigenvalue weighted by molar-refractivity contribution is 5.07. The molecule has 1 aromatic rings. The molecule has 3 heteroatoms. The van der Waals surface area contributed by atoms with Crippen LogP contribution in [-0.4, -0.2) is 28.7 Å². The standard InChI is InChI=1S/C7H11N3/c1-10-5-3-7(10)6-2-4-8-9-6/h2,4,7H,3,5H2,1H3,(H,8,9). The minimum atomic E-state index is 0.600. The third kappa shape index (κ3) is 0.743. The zero-order valence-corrected chi connectivity index (χ0v) is 6.04. The molecule has 1 N–H and O–H groups in total. The molecule has 0 bridgehead atoms. The van der Waals surface area contributed by atoms with Crippen LogP contribution in [0.25, 0.3) is 0 Å². The van der Waals surface area contributed by atoms with Crippen LogP contribution in [0, 0.1) is 0 Å². The quantitative estimate of drug-likeness (QED) is 0.620. The summed E-state index contributed by atoms with van der Waals surface area (Å²) in [5, 5.41) is 6.89. The van der Waals surface area contributed by atoms with Crippen LogP contribution in [0.5, 0.6) is 0 Å². The summed E-state index contributed by atoms with van der Waals surface area (Å²) in [7, 11) is 2.13. The van der Waals surface area contributed by atoms with Gasteiger partial charge in [-0.2, -0.15) is 5.10 Å². The fraction of sp³-hybridized carbons (Fsp3) is 0.571. The molecule has 1 atom stereocenters. The summed E-state index contributed by atoms with van der Waals surface area (Å²) in [6.45, 7) is 1.21. The fourth-order valence-corrected chi connectivity index (χ4v) is 1.36. The Bertz CT molecular complexity index is 205. The topological polar surface area (TPSA) is 31.9 Å². The third-order valence-corrected chi connectivity index (χ3v) is 2.17. The van der Waals surface area contributed by atoms with Gasteiger partial charge in [0.2, 0.25) is 0 Å². The maximum Gasteiger partial charge on any atom is 0.0524 e. The van der Waals surface area contributed by atoms with E-state index in [4.69, 9.17) is 0 Å². The lowest BCUT2D eigenvalue weighted by atomic mass is 10.0. The number of nitrogens with one attached hydrogen (secondary N) is 1. The summed E-state index contributed by atoms with van der Waals surface area (Å²) in [5.41, 5.74) is 1.24. The Morgan fingerprint density at radius 1 is 1.80 bits per heavy atom. The molecular formula is C7H11N3. The summed E-state index contributed by atoms with van der Waals surface area (Å²) in [5.74, 6) is 0. The molecular weight excluding hydrogens is 126 g/mol. The van der Waals surface area contributed by atoms with Gasteiger partial charge in [-0.1, -0.05) is 0 Å². The summed E-state index contributed by atoms with van der Waals surface area (Å²) in [6.07, 6.45) is 3.07. The lowest BCUT2D eigenvalue weighted by Gasteiger charge is -2.36. The Kier molecular flexibility index (Phi) is 1.24. The van der Waals surface area contributed by atoms with E-state index in [-0.39, 0.29) is 0 Å². The van der Waals surface area contributed by atoms with E-state index in [1.165, 1.54) is 18.7 Å². The van der Waals surface area contributed by atoms with Crippen molar-refractivity contribution in [2.24, 2.45) is 0 Å². The van der Waals surface area contributed by atoms with Gasteiger partial charge in [-0.15, -0.1) is 0 Å². The highest BCUT2D eigenvalue weighted by Gasteiger charge is 2.26. The molecule has 1 saturated heterocycles. The van der Waals surface area contributed by atoms with Crippen LogP contribution in [0.4, 0.5) is 0 Å². The van der Waals surface area contributed by atoms with Crippen LogP contribution in [0.2, 0.25) is 0 Å². The molecule has 0 radical (unpaired) electrons. The Hall–Kier alpha value is -0.830. The van der Waals surface area contributed by atoms with Crippen molar-refractivity contribution in [2.45, 2.75) is 12.5 Å². The first-order valence-corrected chi connectivity index (χ1v) is 3.57. The zero-order valence-electron chi connectivity index (χ0n) is 6.04. The normalized spacial score (nSPS) is 26.3. The summed E-state index contributed by atoms with van der Waals surface area (Å²) < 4.78 is 0. The summed E-state index contributed by atoms with van der Waals surface area (Å²) in [4.78, 5) is 2.31. The molecule has 0 amide bonds. The molecule has 1 unspecified atom stereocenters. The van der Waals surface area contributed by atoms with Crippen LogP contribution >= 0.6 is 0 Å². The van der Waals surface area contributed by atoms with Crippen molar-refractivity contribution in [3.63, 3.8) is 0 Å². The molecule has 54 valence electrons. The molecule has 3 nitrogen and oxygen atoms in total. The molecule has 2 heterocycles. The van der Waals surface area contributed by atoms with E-state index in [1.54, 1.807) is 0 Å². The highest BCUT2D eigenvalue weighted by Crippen LogP contribution is 2.29. The minimum Gasteiger partial charge on any atom is -0.298 e. The number of H-pyrrole nitrogens is 1. The van der Waals surface area contributed by atoms with E-state index in [0.717, 1.165) is 0 Å². The number of likely N-dealkylation sites (tertiary alicyclic amines) is 1. The first-order valence-electron chi connectivity index (χ1n) is 3.57. The molecule has 0 saturated carbocycles. The van der Waals surface area contributed by atoms with Crippen molar-refractivity contribution in [3.8, 4) is 0 Å². The molecule has 0 spiro atoms. The number of nitrogens with zero attached hydrogens (tertiary/aromatic N) is 2. The third-order valence-electron chi connectivity index (χ3n) is 2.17. The predicted molar refractivity (Wildman–Crippen MR) is 38.6 cm³/mol. The SMILES string of the molecule is CN1CCC1c1ccn[nH]1. The van der Waals surface area contributed by atoms with Gasteiger partial charge in [0.1, 0.15) is 0 Å². The summed E-state index contributed by atoms with van der Waals surface area (Å²) in [6, 6.07) is 2.64. The van der Waals surface area contributed by atoms with Crippen molar-refractivity contribution in [1.29, 1.82) is 0 Å². The van der Waals surface area contributed by atoms with E-state index in [2.05, 4.69) is 22.1 Å². The van der Waals surface area contributed by atoms with Gasteiger partial charge in [-0.05, 0) is 19.5 Å². The van der Waals surface area contributed by atoms with Crippen LogP contribution in [0.1, 0.15) is 18.2 Å². The predicted octanol–water partition coefficient (Wildman–Crippen LogP) is 0.786. The van der Waals surface area contributed by atoms with E-state index in [9.17, 15) is 0 Å². The van der Waals surface area contributed by atoms with Gasteiger partial charge in [0.25, 0.3) is 0 Å². The van der Waals surface area contributed by atoms with E-state index < -0.39 is 0 Å². The van der Waals surface area contributed by atoms with Crippen molar-refractivity contribution in [3.05, 3.63) is 18.0 Å². The van der Waals surface area contributed by atoms with Crippen LogP contribution in [0.3, 0.4) is 0 Å². The van der Waals surface area contributed by atoms with Crippen molar-refractivity contribution in [2.75, 3.05) is 13.6 Å². The molecule has 1 fully saturated rings. The van der Waals surface area contributed by atoms with Crippen LogP contribution in [-0.2, 0) is 0 Å². The average molecular weight is 137 g/mol. The summed E-state index contributed by atoms with van der Waals surface area (Å²) >= 11 is 0. The van der Waals surface area contributed by atoms with Gasteiger partial charge in [0, 0.05) is 12.7 Å². The van der Waals surface area contributed by atoms with Crippen LogP contribution < -0.4 is 0 Å². The lowest BCUT2D eigenvalue weighted by Crippen LogP contribution is -2.37. The molecule has 1 aromatic heterocycles. The van der Waals surface area contributed by atoms with Crippen molar-refractivity contribution in [1.82, 2.24) is 15.1 Å². The number of aromatic nitrogens is 2. The maximum absolute atomic E-state index is 3.91. The minimum absolute atomic E-state index is 0.600. The van der Waals surface area contributed by atoms with Gasteiger partial charge in [-0.25, -0.2) is 0 Å². The lowest BCUT2D eigenvalue weighted by molar-refractivity contribution is 0.124. The molecule has 10 heavy (non-hydrogen) atoms. The Balaban J connectivity index is 2.14. The first-order chi connectivity index (χ1) is 4.88. The molecule has 0 aliphatic carbocycles. The number of hydrogen-bond acceptors (Lipinski definition) is 2. The Labute approximate surface area is 60.0 Å². The second-order valence-electron chi connectivity index (χ2n) is 2.80. The van der Waals surface area contributed by atoms with Gasteiger partial charge in [-0.3, -0.25) is 10.00 Å². The number of aromatic amines is 1. The van der Waals surface area contributed by atoms with Gasteiger partial charge < -0.3 is 0 Å².